The maximum Gasteiger partial charge on any atom is 0.315 e. The highest BCUT2D eigenvalue weighted by Crippen LogP contribution is 2.16. The number of hydrogen-bond donors (Lipinski definition) is 2. The molecule has 0 bridgehead atoms. The Morgan fingerprint density at radius 1 is 1.57 bits per heavy atom. The van der Waals surface area contributed by atoms with Gasteiger partial charge in [-0.3, -0.25) is 0 Å². The third-order valence-corrected chi connectivity index (χ3v) is 3.61. The van der Waals surface area contributed by atoms with Crippen LogP contribution in [0.1, 0.15) is 25.3 Å². The summed E-state index contributed by atoms with van der Waals surface area (Å²) in [6.45, 7) is 3.22. The van der Waals surface area contributed by atoms with Gasteiger partial charge in [0.25, 0.3) is 0 Å². The van der Waals surface area contributed by atoms with Crippen LogP contribution < -0.4 is 15.5 Å². The first-order chi connectivity index (χ1) is 10.1. The van der Waals surface area contributed by atoms with E-state index in [0.717, 1.165) is 30.8 Å². The van der Waals surface area contributed by atoms with Crippen molar-refractivity contribution in [1.82, 2.24) is 15.6 Å². The second-order valence-electron chi connectivity index (χ2n) is 5.55. The summed E-state index contributed by atoms with van der Waals surface area (Å²) in [7, 11) is 3.87. The van der Waals surface area contributed by atoms with Gasteiger partial charge >= 0.3 is 6.03 Å². The SMILES string of the molecule is C[C@H](NC(=O)NCc1cccnc1N(C)C)[C@H]1CCCO1. The van der Waals surface area contributed by atoms with Crippen LogP contribution >= 0.6 is 0 Å². The van der Waals surface area contributed by atoms with E-state index in [0.29, 0.717) is 6.54 Å². The van der Waals surface area contributed by atoms with E-state index < -0.39 is 0 Å². The summed E-state index contributed by atoms with van der Waals surface area (Å²) >= 11 is 0. The number of urea groups is 1. The summed E-state index contributed by atoms with van der Waals surface area (Å²) in [4.78, 5) is 18.2. The van der Waals surface area contributed by atoms with Gasteiger partial charge in [-0.2, -0.15) is 0 Å². The molecule has 116 valence electrons. The van der Waals surface area contributed by atoms with Crippen LogP contribution in [0.25, 0.3) is 0 Å². The molecule has 2 atom stereocenters. The molecule has 1 fully saturated rings. The summed E-state index contributed by atoms with van der Waals surface area (Å²) in [6.07, 6.45) is 3.96. The molecule has 1 saturated heterocycles. The van der Waals surface area contributed by atoms with Crippen molar-refractivity contribution in [2.45, 2.75) is 38.5 Å². The third kappa shape index (κ3) is 4.32. The van der Waals surface area contributed by atoms with E-state index >= 15 is 0 Å². The molecular formula is C15H24N4O2. The number of nitrogens with zero attached hydrogens (tertiary/aromatic N) is 2. The molecule has 1 aromatic rings. The molecule has 2 amide bonds. The fraction of sp³-hybridized carbons (Fsp3) is 0.600. The van der Waals surface area contributed by atoms with Crippen LogP contribution in [0.5, 0.6) is 0 Å². The van der Waals surface area contributed by atoms with Crippen molar-refractivity contribution >= 4 is 11.8 Å². The van der Waals surface area contributed by atoms with E-state index in [-0.39, 0.29) is 18.2 Å². The van der Waals surface area contributed by atoms with E-state index in [1.165, 1.54) is 0 Å². The van der Waals surface area contributed by atoms with Gasteiger partial charge in [0, 0.05) is 39.0 Å². The van der Waals surface area contributed by atoms with Crippen molar-refractivity contribution in [3.8, 4) is 0 Å². The predicted octanol–water partition coefficient (Wildman–Crippen LogP) is 1.51. The van der Waals surface area contributed by atoms with Gasteiger partial charge in [-0.1, -0.05) is 6.07 Å². The molecule has 1 aromatic heterocycles. The number of carbonyl (C=O) groups is 1. The second kappa shape index (κ2) is 7.26. The molecule has 6 nitrogen and oxygen atoms in total. The van der Waals surface area contributed by atoms with Gasteiger partial charge in [0.15, 0.2) is 0 Å². The number of hydrogen-bond acceptors (Lipinski definition) is 4. The molecule has 6 heteroatoms. The molecule has 2 heterocycles. The molecule has 0 radical (unpaired) electrons. The van der Waals surface area contributed by atoms with Crippen LogP contribution in [0.15, 0.2) is 18.3 Å². The molecule has 0 unspecified atom stereocenters. The number of pyridine rings is 1. The van der Waals surface area contributed by atoms with Crippen LogP contribution in [0.4, 0.5) is 10.6 Å². The molecule has 2 rings (SSSR count). The minimum absolute atomic E-state index is 0.0229. The quantitative estimate of drug-likeness (QED) is 0.863. The van der Waals surface area contributed by atoms with Gasteiger partial charge in [-0.15, -0.1) is 0 Å². The number of anilines is 1. The van der Waals surface area contributed by atoms with Gasteiger partial charge in [-0.25, -0.2) is 9.78 Å². The summed E-state index contributed by atoms with van der Waals surface area (Å²) in [5, 5.41) is 5.81. The standard InChI is InChI=1S/C15H24N4O2/c1-11(13-7-5-9-21-13)18-15(20)17-10-12-6-4-8-16-14(12)19(2)3/h4,6,8,11,13H,5,7,9-10H2,1-3H3,(H2,17,18,20)/t11-,13+/m0/s1. The van der Waals surface area contributed by atoms with Crippen molar-refractivity contribution in [2.75, 3.05) is 25.6 Å². The number of nitrogens with one attached hydrogen (secondary N) is 2. The third-order valence-electron chi connectivity index (χ3n) is 3.61. The van der Waals surface area contributed by atoms with Crippen LogP contribution in [0.3, 0.4) is 0 Å². The number of rotatable bonds is 5. The number of amides is 2. The first-order valence-electron chi connectivity index (χ1n) is 7.35. The fourth-order valence-electron chi connectivity index (χ4n) is 2.49. The highest BCUT2D eigenvalue weighted by Gasteiger charge is 2.23. The Hall–Kier alpha value is -1.82. The Morgan fingerprint density at radius 2 is 2.38 bits per heavy atom. The molecule has 0 saturated carbocycles. The molecule has 21 heavy (non-hydrogen) atoms. The van der Waals surface area contributed by atoms with Crippen LogP contribution in [-0.4, -0.2) is 43.9 Å². The minimum Gasteiger partial charge on any atom is -0.376 e. The van der Waals surface area contributed by atoms with E-state index in [9.17, 15) is 4.79 Å². The van der Waals surface area contributed by atoms with E-state index in [4.69, 9.17) is 4.74 Å². The molecule has 1 aliphatic rings. The largest absolute Gasteiger partial charge is 0.376 e. The highest BCUT2D eigenvalue weighted by atomic mass is 16.5. The normalized spacial score (nSPS) is 19.1. The summed E-state index contributed by atoms with van der Waals surface area (Å²) < 4.78 is 5.57. The second-order valence-corrected chi connectivity index (χ2v) is 5.55. The molecule has 0 aromatic carbocycles. The zero-order valence-electron chi connectivity index (χ0n) is 12.9. The van der Waals surface area contributed by atoms with Gasteiger partial charge in [0.2, 0.25) is 0 Å². The van der Waals surface area contributed by atoms with Crippen LogP contribution in [0, 0.1) is 0 Å². The Bertz CT molecular complexity index is 472. The summed E-state index contributed by atoms with van der Waals surface area (Å²) in [6, 6.07) is 3.68. The van der Waals surface area contributed by atoms with Crippen LogP contribution in [0.2, 0.25) is 0 Å². The molecule has 1 aliphatic heterocycles. The Kier molecular flexibility index (Phi) is 5.38. The summed E-state index contributed by atoms with van der Waals surface area (Å²) in [5.41, 5.74) is 0.988. The van der Waals surface area contributed by atoms with Gasteiger partial charge in [-0.05, 0) is 25.8 Å². The maximum atomic E-state index is 12.0. The summed E-state index contributed by atoms with van der Waals surface area (Å²) in [5.74, 6) is 0.866. The average molecular weight is 292 g/mol. The molecule has 0 aliphatic carbocycles. The first-order valence-corrected chi connectivity index (χ1v) is 7.35. The fourth-order valence-corrected chi connectivity index (χ4v) is 2.49. The van der Waals surface area contributed by atoms with Gasteiger partial charge in [0.05, 0.1) is 12.1 Å². The number of ether oxygens (including phenoxy) is 1. The maximum absolute atomic E-state index is 12.0. The highest BCUT2D eigenvalue weighted by molar-refractivity contribution is 5.74. The Labute approximate surface area is 125 Å². The van der Waals surface area contributed by atoms with Crippen LogP contribution in [-0.2, 0) is 11.3 Å². The topological polar surface area (TPSA) is 66.5 Å². The van der Waals surface area contributed by atoms with Crippen molar-refractivity contribution in [3.05, 3.63) is 23.9 Å². The van der Waals surface area contributed by atoms with Gasteiger partial charge < -0.3 is 20.3 Å². The van der Waals surface area contributed by atoms with Crippen molar-refractivity contribution in [1.29, 1.82) is 0 Å². The Balaban J connectivity index is 1.83. The van der Waals surface area contributed by atoms with Crippen molar-refractivity contribution in [2.24, 2.45) is 0 Å². The van der Waals surface area contributed by atoms with E-state index in [2.05, 4.69) is 15.6 Å². The minimum atomic E-state index is -0.174. The molecule has 0 spiro atoms. The predicted molar refractivity (Wildman–Crippen MR) is 82.4 cm³/mol. The van der Waals surface area contributed by atoms with Crippen molar-refractivity contribution in [3.63, 3.8) is 0 Å². The lowest BCUT2D eigenvalue weighted by Crippen LogP contribution is -2.45. The smallest absolute Gasteiger partial charge is 0.315 e. The lowest BCUT2D eigenvalue weighted by atomic mass is 10.1. The number of aromatic nitrogens is 1. The zero-order valence-corrected chi connectivity index (χ0v) is 12.9. The van der Waals surface area contributed by atoms with Gasteiger partial charge in [0.1, 0.15) is 5.82 Å². The van der Waals surface area contributed by atoms with E-state index in [1.54, 1.807) is 6.20 Å². The van der Waals surface area contributed by atoms with E-state index in [1.807, 2.05) is 38.1 Å². The monoisotopic (exact) mass is 292 g/mol. The lowest BCUT2D eigenvalue weighted by molar-refractivity contribution is 0.0860. The lowest BCUT2D eigenvalue weighted by Gasteiger charge is -2.21. The first kappa shape index (κ1) is 15.6. The zero-order chi connectivity index (χ0) is 15.2. The average Bonchev–Trinajstić information content (AvgIpc) is 2.99. The molecule has 2 N–H and O–H groups in total. The molecular weight excluding hydrogens is 268 g/mol. The van der Waals surface area contributed by atoms with Crippen molar-refractivity contribution < 1.29 is 9.53 Å². The Morgan fingerprint density at radius 3 is 3.05 bits per heavy atom. The number of carbonyl (C=O) groups excluding carboxylic acids is 1.